The van der Waals surface area contributed by atoms with Gasteiger partial charge < -0.3 is 40.2 Å². The van der Waals surface area contributed by atoms with E-state index in [-0.39, 0.29) is 66.6 Å². The van der Waals surface area contributed by atoms with Crippen LogP contribution in [-0.4, -0.2) is 92.6 Å². The van der Waals surface area contributed by atoms with Crippen molar-refractivity contribution in [2.75, 3.05) is 0 Å². The van der Waals surface area contributed by atoms with Gasteiger partial charge in [-0.15, -0.1) is 0 Å². The van der Waals surface area contributed by atoms with Crippen molar-refractivity contribution >= 4 is 23.9 Å². The van der Waals surface area contributed by atoms with Gasteiger partial charge in [0.2, 0.25) is 0 Å². The van der Waals surface area contributed by atoms with Gasteiger partial charge in [-0.3, -0.25) is 0 Å². The van der Waals surface area contributed by atoms with E-state index >= 15 is 0 Å². The highest BCUT2D eigenvalue weighted by atomic mass is 16.6. The summed E-state index contributed by atoms with van der Waals surface area (Å²) >= 11 is 0. The van der Waals surface area contributed by atoms with Crippen LogP contribution in [0.5, 0.6) is 0 Å². The molecule has 4 saturated heterocycles. The number of piperidine rings is 4. The van der Waals surface area contributed by atoms with E-state index in [4.69, 9.17) is 18.9 Å². The molecule has 5 rings (SSSR count). The van der Waals surface area contributed by atoms with Crippen LogP contribution in [0.4, 0.5) is 0 Å². The van der Waals surface area contributed by atoms with Gasteiger partial charge in [-0.2, -0.15) is 0 Å². The van der Waals surface area contributed by atoms with Crippen molar-refractivity contribution in [2.45, 2.75) is 231 Å². The molecule has 4 N–H and O–H groups in total. The Kier molecular flexibility index (Phi) is 12.3. The topological polar surface area (TPSA) is 153 Å². The summed E-state index contributed by atoms with van der Waals surface area (Å²) < 4.78 is 25.1. The van der Waals surface area contributed by atoms with Crippen LogP contribution in [0.1, 0.15) is 204 Å². The monoisotopic (exact) mass is 811 g/mol. The Morgan fingerprint density at radius 1 is 0.362 bits per heavy atom. The molecule has 4 aliphatic rings. The predicted octanol–water partition coefficient (Wildman–Crippen LogP) is 7.55. The van der Waals surface area contributed by atoms with Crippen LogP contribution in [0.2, 0.25) is 0 Å². The summed E-state index contributed by atoms with van der Waals surface area (Å²) in [6, 6.07) is 2.79. The zero-order valence-electron chi connectivity index (χ0n) is 38.4. The molecule has 0 saturated carbocycles. The molecular formula is C46H74N4O8. The number of nitrogens with one attached hydrogen (secondary N) is 4. The molecule has 326 valence electrons. The highest BCUT2D eigenvalue weighted by Gasteiger charge is 2.46. The van der Waals surface area contributed by atoms with Crippen LogP contribution in [-0.2, 0) is 18.9 Å². The fraction of sp³-hybridized carbons (Fsp3) is 0.783. The maximum absolute atomic E-state index is 14.9. The number of carbonyl (C=O) groups is 4. The largest absolute Gasteiger partial charge is 0.459 e. The van der Waals surface area contributed by atoms with E-state index in [1.165, 1.54) is 12.1 Å². The molecule has 0 aliphatic carbocycles. The number of benzene rings is 1. The van der Waals surface area contributed by atoms with E-state index in [2.05, 4.69) is 76.7 Å². The number of esters is 4. The second kappa shape index (κ2) is 15.4. The number of hydrogen-bond donors (Lipinski definition) is 4. The summed E-state index contributed by atoms with van der Waals surface area (Å²) in [5.74, 6) is -3.35. The van der Waals surface area contributed by atoms with Gasteiger partial charge in [-0.1, -0.05) is 0 Å². The average molecular weight is 811 g/mol. The molecule has 0 unspecified atom stereocenters. The Balaban J connectivity index is 1.63. The fourth-order valence-corrected chi connectivity index (χ4v) is 11.5. The van der Waals surface area contributed by atoms with Crippen LogP contribution in [0.25, 0.3) is 0 Å². The van der Waals surface area contributed by atoms with Crippen molar-refractivity contribution in [3.05, 3.63) is 34.4 Å². The van der Waals surface area contributed by atoms with Gasteiger partial charge in [0.05, 0.1) is 22.3 Å². The van der Waals surface area contributed by atoms with Crippen LogP contribution in [0.15, 0.2) is 12.1 Å². The second-order valence-electron chi connectivity index (χ2n) is 23.2. The molecule has 0 bridgehead atoms. The first-order valence-corrected chi connectivity index (χ1v) is 21.3. The molecule has 1 aromatic rings. The number of hydrogen-bond acceptors (Lipinski definition) is 12. The van der Waals surface area contributed by atoms with Crippen molar-refractivity contribution in [1.29, 1.82) is 0 Å². The summed E-state index contributed by atoms with van der Waals surface area (Å²) in [6.07, 6.45) is 2.00. The highest BCUT2D eigenvalue weighted by Crippen LogP contribution is 2.37. The zero-order valence-corrected chi connectivity index (χ0v) is 38.4. The molecule has 12 heteroatoms. The molecule has 0 spiro atoms. The van der Waals surface area contributed by atoms with E-state index in [9.17, 15) is 19.2 Å². The molecule has 58 heavy (non-hydrogen) atoms. The highest BCUT2D eigenvalue weighted by molar-refractivity contribution is 6.15. The smallest absolute Gasteiger partial charge is 0.340 e. The summed E-state index contributed by atoms with van der Waals surface area (Å²) in [6.45, 7) is 32.8. The van der Waals surface area contributed by atoms with Crippen molar-refractivity contribution < 1.29 is 38.1 Å². The minimum absolute atomic E-state index is 0.162. The van der Waals surface area contributed by atoms with Gasteiger partial charge in [0.25, 0.3) is 0 Å². The molecular weight excluding hydrogens is 737 g/mol. The Morgan fingerprint density at radius 2 is 0.534 bits per heavy atom. The van der Waals surface area contributed by atoms with Crippen LogP contribution in [0.3, 0.4) is 0 Å². The Morgan fingerprint density at radius 3 is 0.724 bits per heavy atom. The molecule has 12 nitrogen and oxygen atoms in total. The third-order valence-electron chi connectivity index (χ3n) is 11.8. The van der Waals surface area contributed by atoms with Gasteiger partial charge in [-0.25, -0.2) is 19.2 Å². The summed E-state index contributed by atoms with van der Waals surface area (Å²) in [5, 5.41) is 14.4. The second-order valence-corrected chi connectivity index (χ2v) is 23.2. The van der Waals surface area contributed by atoms with Crippen LogP contribution >= 0.6 is 0 Å². The standard InChI is InChI=1S/C46H74N4O8/c1-39(2)19-27(20-40(3,4)47-39)55-35(51)31-17-18-32(36(52)56-28-21-41(5,6)48-42(7,8)22-28)34(38(54)58-30-25-45(13,14)50-46(15,16)26-30)33(31)37(53)57-29-23-43(9,10)49-44(11,12)24-29/h17-18,27-30,47-50H,19-26H2,1-16H3. The van der Waals surface area contributed by atoms with Crippen molar-refractivity contribution in [3.63, 3.8) is 0 Å². The lowest BCUT2D eigenvalue weighted by molar-refractivity contribution is -0.0134. The van der Waals surface area contributed by atoms with E-state index in [1.54, 1.807) is 0 Å². The van der Waals surface area contributed by atoms with E-state index in [0.717, 1.165) is 0 Å². The van der Waals surface area contributed by atoms with Gasteiger partial charge in [0.1, 0.15) is 24.4 Å². The molecule has 0 atom stereocenters. The lowest BCUT2D eigenvalue weighted by Crippen LogP contribution is -2.60. The van der Waals surface area contributed by atoms with Crippen LogP contribution < -0.4 is 21.3 Å². The van der Waals surface area contributed by atoms with Gasteiger partial charge in [-0.05, 0) is 123 Å². The summed E-state index contributed by atoms with van der Waals surface area (Å²) in [4.78, 5) is 58.7. The third kappa shape index (κ3) is 11.8. The lowest BCUT2D eigenvalue weighted by Gasteiger charge is -2.46. The Labute approximate surface area is 347 Å². The predicted molar refractivity (Wildman–Crippen MR) is 225 cm³/mol. The molecule has 4 aliphatic heterocycles. The first kappa shape index (κ1) is 46.0. The van der Waals surface area contributed by atoms with Crippen molar-refractivity contribution in [2.24, 2.45) is 0 Å². The first-order chi connectivity index (χ1) is 26.1. The average Bonchev–Trinajstić information content (AvgIpc) is 2.93. The molecule has 1 aromatic carbocycles. The van der Waals surface area contributed by atoms with Gasteiger partial charge in [0.15, 0.2) is 0 Å². The van der Waals surface area contributed by atoms with E-state index in [0.29, 0.717) is 51.4 Å². The van der Waals surface area contributed by atoms with Crippen LogP contribution in [0, 0.1) is 0 Å². The normalized spacial score (nSPS) is 26.2. The quantitative estimate of drug-likeness (QED) is 0.152. The first-order valence-electron chi connectivity index (χ1n) is 21.3. The lowest BCUT2D eigenvalue weighted by atomic mass is 9.80. The fourth-order valence-electron chi connectivity index (χ4n) is 11.5. The Bertz CT molecular complexity index is 1580. The molecule has 0 aromatic heterocycles. The molecule has 4 fully saturated rings. The summed E-state index contributed by atoms with van der Waals surface area (Å²) in [5.41, 5.74) is -3.84. The number of ether oxygens (including phenoxy) is 4. The SMILES string of the molecule is CC1(C)CC(OC(=O)c2ccc(C(=O)OC3CC(C)(C)NC(C)(C)C3)c(C(=O)OC3CC(C)(C)NC(C)(C)C3)c2C(=O)OC2CC(C)(C)NC(C)(C)C2)CC(C)(C)N1. The molecule has 4 heterocycles. The summed E-state index contributed by atoms with van der Waals surface area (Å²) in [7, 11) is 0. The third-order valence-corrected chi connectivity index (χ3v) is 11.8. The van der Waals surface area contributed by atoms with Gasteiger partial charge >= 0.3 is 23.9 Å². The minimum Gasteiger partial charge on any atom is -0.459 e. The Hall–Kier alpha value is -3.06. The maximum atomic E-state index is 14.9. The number of carbonyl (C=O) groups excluding carboxylic acids is 4. The van der Waals surface area contributed by atoms with Crippen molar-refractivity contribution in [3.8, 4) is 0 Å². The minimum atomic E-state index is -0.895. The number of rotatable bonds is 8. The van der Waals surface area contributed by atoms with Gasteiger partial charge in [0, 0.05) is 95.7 Å². The zero-order chi connectivity index (χ0) is 43.7. The van der Waals surface area contributed by atoms with E-state index in [1.807, 2.05) is 55.4 Å². The molecule has 0 radical (unpaired) electrons. The molecule has 0 amide bonds. The van der Waals surface area contributed by atoms with Crippen molar-refractivity contribution in [1.82, 2.24) is 21.3 Å². The van der Waals surface area contributed by atoms with E-state index < -0.39 is 48.3 Å². The maximum Gasteiger partial charge on any atom is 0.340 e.